The van der Waals surface area contributed by atoms with Gasteiger partial charge in [-0.15, -0.1) is 0 Å². The van der Waals surface area contributed by atoms with Crippen molar-refractivity contribution in [2.24, 2.45) is 5.92 Å². The molecule has 0 radical (unpaired) electrons. The van der Waals surface area contributed by atoms with Gasteiger partial charge >= 0.3 is 0 Å². The zero-order valence-corrected chi connectivity index (χ0v) is 8.86. The van der Waals surface area contributed by atoms with E-state index in [9.17, 15) is 4.79 Å². The topological polar surface area (TPSA) is 30.0 Å². The van der Waals surface area contributed by atoms with E-state index in [1.54, 1.807) is 24.5 Å². The molecular formula is C12H17NO. The Morgan fingerprint density at radius 2 is 2.07 bits per heavy atom. The first kappa shape index (κ1) is 10.9. The van der Waals surface area contributed by atoms with Crippen LogP contribution < -0.4 is 0 Å². The van der Waals surface area contributed by atoms with E-state index >= 15 is 0 Å². The van der Waals surface area contributed by atoms with Gasteiger partial charge in [-0.25, -0.2) is 0 Å². The maximum Gasteiger partial charge on any atom is 0.163 e. The van der Waals surface area contributed by atoms with Gasteiger partial charge < -0.3 is 0 Å². The molecule has 0 saturated heterocycles. The van der Waals surface area contributed by atoms with Crippen LogP contribution in [0.5, 0.6) is 0 Å². The van der Waals surface area contributed by atoms with Crippen molar-refractivity contribution in [2.45, 2.75) is 33.1 Å². The van der Waals surface area contributed by atoms with Crippen molar-refractivity contribution in [1.82, 2.24) is 4.98 Å². The van der Waals surface area contributed by atoms with Gasteiger partial charge in [0.05, 0.1) is 0 Å². The van der Waals surface area contributed by atoms with Crippen LogP contribution in [0.25, 0.3) is 0 Å². The molecule has 2 nitrogen and oxygen atoms in total. The number of carbonyl (C=O) groups is 1. The Balaban J connectivity index is 2.51. The summed E-state index contributed by atoms with van der Waals surface area (Å²) in [5.74, 6) is 0.717. The average molecular weight is 191 g/mol. The highest BCUT2D eigenvalue weighted by Crippen LogP contribution is 2.13. The molecule has 0 aliphatic heterocycles. The number of hydrogen-bond donors (Lipinski definition) is 0. The minimum absolute atomic E-state index is 0.230. The van der Waals surface area contributed by atoms with Crippen molar-refractivity contribution in [2.75, 3.05) is 0 Å². The first-order chi connectivity index (χ1) is 6.74. The maximum absolute atomic E-state index is 11.7. The van der Waals surface area contributed by atoms with Crippen LogP contribution in [-0.4, -0.2) is 10.8 Å². The Morgan fingerprint density at radius 1 is 1.43 bits per heavy atom. The van der Waals surface area contributed by atoms with Crippen molar-refractivity contribution in [3.63, 3.8) is 0 Å². The summed E-state index contributed by atoms with van der Waals surface area (Å²) in [7, 11) is 0. The lowest BCUT2D eigenvalue weighted by Crippen LogP contribution is -2.05. The monoisotopic (exact) mass is 191 g/mol. The number of carbonyl (C=O) groups excluding carboxylic acids is 1. The number of nitrogens with zero attached hydrogens (tertiary/aromatic N) is 1. The van der Waals surface area contributed by atoms with E-state index in [-0.39, 0.29) is 5.78 Å². The van der Waals surface area contributed by atoms with Gasteiger partial charge in [0.1, 0.15) is 0 Å². The molecule has 1 aromatic rings. The number of pyridine rings is 1. The quantitative estimate of drug-likeness (QED) is 0.669. The van der Waals surface area contributed by atoms with E-state index in [1.165, 1.54) is 0 Å². The zero-order valence-electron chi connectivity index (χ0n) is 8.86. The van der Waals surface area contributed by atoms with Gasteiger partial charge in [-0.1, -0.05) is 26.7 Å². The minimum atomic E-state index is 0.230. The molecule has 1 unspecified atom stereocenters. The summed E-state index contributed by atoms with van der Waals surface area (Å²) in [4.78, 5) is 15.6. The predicted molar refractivity (Wildman–Crippen MR) is 57.3 cm³/mol. The van der Waals surface area contributed by atoms with Gasteiger partial charge in [-0.2, -0.15) is 0 Å². The standard InChI is InChI=1S/C12H17NO/c1-3-4-10(2)9-12(14)11-5-7-13-8-6-11/h5-8,10H,3-4,9H2,1-2H3. The van der Waals surface area contributed by atoms with Crippen LogP contribution in [0.15, 0.2) is 24.5 Å². The largest absolute Gasteiger partial charge is 0.294 e. The molecule has 0 aliphatic rings. The van der Waals surface area contributed by atoms with E-state index in [4.69, 9.17) is 0 Å². The molecular weight excluding hydrogens is 174 g/mol. The van der Waals surface area contributed by atoms with Gasteiger partial charge in [0.2, 0.25) is 0 Å². The summed E-state index contributed by atoms with van der Waals surface area (Å²) in [5, 5.41) is 0. The fourth-order valence-corrected chi connectivity index (χ4v) is 1.57. The van der Waals surface area contributed by atoms with Gasteiger partial charge in [0, 0.05) is 24.4 Å². The van der Waals surface area contributed by atoms with Gasteiger partial charge in [-0.05, 0) is 18.1 Å². The van der Waals surface area contributed by atoms with Crippen molar-refractivity contribution in [3.8, 4) is 0 Å². The molecule has 1 atom stereocenters. The number of aromatic nitrogens is 1. The number of Topliss-reactive ketones (excluding diaryl/α,β-unsaturated/α-hetero) is 1. The van der Waals surface area contributed by atoms with Gasteiger partial charge in [0.25, 0.3) is 0 Å². The van der Waals surface area contributed by atoms with E-state index < -0.39 is 0 Å². The highest BCUT2D eigenvalue weighted by atomic mass is 16.1. The van der Waals surface area contributed by atoms with Crippen LogP contribution in [0, 0.1) is 5.92 Å². The van der Waals surface area contributed by atoms with E-state index in [1.807, 2.05) is 0 Å². The summed E-state index contributed by atoms with van der Waals surface area (Å²) in [6.45, 7) is 4.27. The SMILES string of the molecule is CCCC(C)CC(=O)c1ccncc1. The van der Waals surface area contributed by atoms with Crippen LogP contribution in [0.2, 0.25) is 0 Å². The molecule has 1 rings (SSSR count). The van der Waals surface area contributed by atoms with E-state index in [0.29, 0.717) is 12.3 Å². The molecule has 0 N–H and O–H groups in total. The third-order valence-electron chi connectivity index (χ3n) is 2.32. The van der Waals surface area contributed by atoms with Crippen LogP contribution in [-0.2, 0) is 0 Å². The Bertz CT molecular complexity index is 282. The highest BCUT2D eigenvalue weighted by Gasteiger charge is 2.09. The molecule has 0 aliphatic carbocycles. The summed E-state index contributed by atoms with van der Waals surface area (Å²) in [6.07, 6.45) is 6.24. The highest BCUT2D eigenvalue weighted by molar-refractivity contribution is 5.95. The van der Waals surface area contributed by atoms with Crippen molar-refractivity contribution in [1.29, 1.82) is 0 Å². The zero-order chi connectivity index (χ0) is 10.4. The summed E-state index contributed by atoms with van der Waals surface area (Å²) in [6, 6.07) is 3.56. The third kappa shape index (κ3) is 3.29. The number of rotatable bonds is 5. The van der Waals surface area contributed by atoms with Crippen molar-refractivity contribution in [3.05, 3.63) is 30.1 Å². The molecule has 14 heavy (non-hydrogen) atoms. The molecule has 0 spiro atoms. The van der Waals surface area contributed by atoms with Crippen LogP contribution in [0.1, 0.15) is 43.5 Å². The van der Waals surface area contributed by atoms with E-state index in [0.717, 1.165) is 18.4 Å². The third-order valence-corrected chi connectivity index (χ3v) is 2.32. The Morgan fingerprint density at radius 3 is 2.64 bits per heavy atom. The molecule has 0 bridgehead atoms. The summed E-state index contributed by atoms with van der Waals surface area (Å²) in [5.41, 5.74) is 0.781. The molecule has 0 amide bonds. The maximum atomic E-state index is 11.7. The molecule has 0 fully saturated rings. The molecule has 76 valence electrons. The normalized spacial score (nSPS) is 12.4. The fourth-order valence-electron chi connectivity index (χ4n) is 1.57. The molecule has 0 aromatic carbocycles. The Labute approximate surface area is 85.4 Å². The minimum Gasteiger partial charge on any atom is -0.294 e. The second kappa shape index (κ2) is 5.53. The Hall–Kier alpha value is -1.18. The van der Waals surface area contributed by atoms with Crippen molar-refractivity contribution < 1.29 is 4.79 Å². The molecule has 2 heteroatoms. The second-order valence-corrected chi connectivity index (χ2v) is 3.76. The van der Waals surface area contributed by atoms with Gasteiger partial charge in [0.15, 0.2) is 5.78 Å². The lowest BCUT2D eigenvalue weighted by Gasteiger charge is -2.08. The number of ketones is 1. The lowest BCUT2D eigenvalue weighted by atomic mass is 9.97. The van der Waals surface area contributed by atoms with Gasteiger partial charge in [-0.3, -0.25) is 9.78 Å². The first-order valence-corrected chi connectivity index (χ1v) is 5.17. The second-order valence-electron chi connectivity index (χ2n) is 3.76. The fraction of sp³-hybridized carbons (Fsp3) is 0.500. The molecule has 0 saturated carbocycles. The Kier molecular flexibility index (Phi) is 4.30. The molecule has 1 heterocycles. The van der Waals surface area contributed by atoms with Crippen molar-refractivity contribution >= 4 is 5.78 Å². The summed E-state index contributed by atoms with van der Waals surface area (Å²) >= 11 is 0. The summed E-state index contributed by atoms with van der Waals surface area (Å²) < 4.78 is 0. The predicted octanol–water partition coefficient (Wildman–Crippen LogP) is 3.09. The average Bonchev–Trinajstić information content (AvgIpc) is 2.19. The van der Waals surface area contributed by atoms with E-state index in [2.05, 4.69) is 18.8 Å². The number of hydrogen-bond acceptors (Lipinski definition) is 2. The molecule has 1 aromatic heterocycles. The first-order valence-electron chi connectivity index (χ1n) is 5.17. The van der Waals surface area contributed by atoms with Crippen LogP contribution in [0.4, 0.5) is 0 Å². The lowest BCUT2D eigenvalue weighted by molar-refractivity contribution is 0.0962. The van der Waals surface area contributed by atoms with Crippen LogP contribution in [0.3, 0.4) is 0 Å². The smallest absolute Gasteiger partial charge is 0.163 e. The van der Waals surface area contributed by atoms with Crippen LogP contribution >= 0.6 is 0 Å².